The van der Waals surface area contributed by atoms with Gasteiger partial charge in [-0.2, -0.15) is 8.42 Å². The molecule has 0 aliphatic carbocycles. The maximum atomic E-state index is 11.0. The van der Waals surface area contributed by atoms with Crippen molar-refractivity contribution in [2.75, 3.05) is 0 Å². The van der Waals surface area contributed by atoms with Gasteiger partial charge in [0.1, 0.15) is 0 Å². The van der Waals surface area contributed by atoms with Crippen LogP contribution in [0.25, 0.3) is 0 Å². The summed E-state index contributed by atoms with van der Waals surface area (Å²) in [6, 6.07) is 9.80. The SMILES string of the molecule is CCC(CC(C)S(=O)(=O)O)c1ccccc1. The molecule has 1 N–H and O–H groups in total. The minimum atomic E-state index is -3.92. The number of hydrogen-bond acceptors (Lipinski definition) is 2. The predicted octanol–water partition coefficient (Wildman–Crippen LogP) is 2.85. The zero-order valence-electron chi connectivity index (χ0n) is 9.63. The predicted molar refractivity (Wildman–Crippen MR) is 65.1 cm³/mol. The van der Waals surface area contributed by atoms with Gasteiger partial charge in [0.15, 0.2) is 0 Å². The molecule has 1 rings (SSSR count). The third kappa shape index (κ3) is 3.61. The van der Waals surface area contributed by atoms with Gasteiger partial charge in [0.25, 0.3) is 10.1 Å². The Labute approximate surface area is 97.2 Å². The molecule has 0 spiro atoms. The van der Waals surface area contributed by atoms with E-state index in [-0.39, 0.29) is 5.92 Å². The molecule has 3 nitrogen and oxygen atoms in total. The second kappa shape index (κ2) is 5.46. The van der Waals surface area contributed by atoms with Crippen LogP contribution in [0.1, 0.15) is 38.2 Å². The van der Waals surface area contributed by atoms with Crippen LogP contribution >= 0.6 is 0 Å². The average molecular weight is 242 g/mol. The van der Waals surface area contributed by atoms with E-state index in [1.54, 1.807) is 6.92 Å². The molecule has 0 radical (unpaired) electrons. The van der Waals surface area contributed by atoms with Crippen LogP contribution in [-0.4, -0.2) is 18.2 Å². The van der Waals surface area contributed by atoms with Crippen LogP contribution in [0.4, 0.5) is 0 Å². The van der Waals surface area contributed by atoms with Gasteiger partial charge in [0.05, 0.1) is 5.25 Å². The Balaban J connectivity index is 2.78. The standard InChI is InChI=1S/C12H18O3S/c1-3-11(9-10(2)16(13,14)15)12-7-5-4-6-8-12/h4-8,10-11H,3,9H2,1-2H3,(H,13,14,15). The van der Waals surface area contributed by atoms with Gasteiger partial charge >= 0.3 is 0 Å². The molecule has 1 aromatic carbocycles. The summed E-state index contributed by atoms with van der Waals surface area (Å²) in [6.07, 6.45) is 1.32. The lowest BCUT2D eigenvalue weighted by Gasteiger charge is -2.18. The topological polar surface area (TPSA) is 54.4 Å². The van der Waals surface area contributed by atoms with Gasteiger partial charge in [0, 0.05) is 0 Å². The molecule has 2 unspecified atom stereocenters. The van der Waals surface area contributed by atoms with E-state index in [2.05, 4.69) is 0 Å². The molecular weight excluding hydrogens is 224 g/mol. The molecule has 0 bridgehead atoms. The Morgan fingerprint density at radius 1 is 1.25 bits per heavy atom. The van der Waals surface area contributed by atoms with Crippen LogP contribution in [0.2, 0.25) is 0 Å². The zero-order chi connectivity index (χ0) is 12.2. The smallest absolute Gasteiger partial charge is 0.267 e. The largest absolute Gasteiger partial charge is 0.285 e. The van der Waals surface area contributed by atoms with Crippen LogP contribution < -0.4 is 0 Å². The third-order valence-corrected chi connectivity index (χ3v) is 4.10. The number of benzene rings is 1. The van der Waals surface area contributed by atoms with E-state index in [4.69, 9.17) is 4.55 Å². The first kappa shape index (κ1) is 13.2. The molecule has 0 fully saturated rings. The van der Waals surface area contributed by atoms with Crippen molar-refractivity contribution in [2.45, 2.75) is 37.9 Å². The van der Waals surface area contributed by atoms with Crippen molar-refractivity contribution in [1.29, 1.82) is 0 Å². The molecule has 0 saturated carbocycles. The normalized spacial score (nSPS) is 15.7. The lowest BCUT2D eigenvalue weighted by Crippen LogP contribution is -2.19. The van der Waals surface area contributed by atoms with Crippen LogP contribution in [0.3, 0.4) is 0 Å². The Bertz CT molecular complexity index is 411. The van der Waals surface area contributed by atoms with Crippen molar-refractivity contribution < 1.29 is 13.0 Å². The molecule has 90 valence electrons. The van der Waals surface area contributed by atoms with E-state index in [9.17, 15) is 8.42 Å². The Morgan fingerprint density at radius 2 is 1.81 bits per heavy atom. The second-order valence-corrected chi connectivity index (χ2v) is 5.91. The first-order valence-electron chi connectivity index (χ1n) is 5.46. The summed E-state index contributed by atoms with van der Waals surface area (Å²) in [5, 5.41) is -0.711. The van der Waals surface area contributed by atoms with Crippen molar-refractivity contribution in [2.24, 2.45) is 0 Å². The van der Waals surface area contributed by atoms with Gasteiger partial charge in [-0.3, -0.25) is 4.55 Å². The molecule has 0 aromatic heterocycles. The molecule has 2 atom stereocenters. The highest BCUT2D eigenvalue weighted by Crippen LogP contribution is 2.26. The first-order chi connectivity index (χ1) is 7.45. The van der Waals surface area contributed by atoms with Crippen LogP contribution in [-0.2, 0) is 10.1 Å². The Morgan fingerprint density at radius 3 is 2.25 bits per heavy atom. The molecule has 16 heavy (non-hydrogen) atoms. The lowest BCUT2D eigenvalue weighted by atomic mass is 9.92. The van der Waals surface area contributed by atoms with Gasteiger partial charge in [0.2, 0.25) is 0 Å². The minimum Gasteiger partial charge on any atom is -0.285 e. The first-order valence-corrected chi connectivity index (χ1v) is 6.96. The maximum Gasteiger partial charge on any atom is 0.267 e. The van der Waals surface area contributed by atoms with Crippen LogP contribution in [0.5, 0.6) is 0 Å². The molecule has 0 amide bonds. The Hall–Kier alpha value is -0.870. The summed E-state index contributed by atoms with van der Waals surface area (Å²) in [7, 11) is -3.92. The van der Waals surface area contributed by atoms with E-state index in [0.29, 0.717) is 6.42 Å². The third-order valence-electron chi connectivity index (χ3n) is 2.89. The van der Waals surface area contributed by atoms with Gasteiger partial charge in [-0.05, 0) is 31.2 Å². The van der Waals surface area contributed by atoms with Crippen LogP contribution in [0, 0.1) is 0 Å². The summed E-state index contributed by atoms with van der Waals surface area (Å²) in [4.78, 5) is 0. The number of hydrogen-bond donors (Lipinski definition) is 1. The van der Waals surface area contributed by atoms with Crippen molar-refractivity contribution in [3.05, 3.63) is 35.9 Å². The van der Waals surface area contributed by atoms with Crippen molar-refractivity contribution in [1.82, 2.24) is 0 Å². The highest BCUT2D eigenvalue weighted by Gasteiger charge is 2.22. The van der Waals surface area contributed by atoms with Crippen molar-refractivity contribution in [3.63, 3.8) is 0 Å². The monoisotopic (exact) mass is 242 g/mol. The summed E-state index contributed by atoms with van der Waals surface area (Å²) in [5.41, 5.74) is 1.13. The second-order valence-electron chi connectivity index (χ2n) is 4.08. The lowest BCUT2D eigenvalue weighted by molar-refractivity contribution is 0.456. The fraction of sp³-hybridized carbons (Fsp3) is 0.500. The van der Waals surface area contributed by atoms with E-state index in [1.807, 2.05) is 37.3 Å². The molecule has 0 aliphatic rings. The maximum absolute atomic E-state index is 11.0. The Kier molecular flexibility index (Phi) is 4.50. The molecular formula is C12H18O3S. The minimum absolute atomic E-state index is 0.179. The fourth-order valence-corrected chi connectivity index (χ4v) is 2.26. The highest BCUT2D eigenvalue weighted by atomic mass is 32.2. The molecule has 0 saturated heterocycles. The van der Waals surface area contributed by atoms with Gasteiger partial charge in [-0.15, -0.1) is 0 Å². The van der Waals surface area contributed by atoms with Crippen LogP contribution in [0.15, 0.2) is 30.3 Å². The quantitative estimate of drug-likeness (QED) is 0.808. The van der Waals surface area contributed by atoms with E-state index >= 15 is 0 Å². The average Bonchev–Trinajstić information content (AvgIpc) is 2.25. The fourth-order valence-electron chi connectivity index (χ4n) is 1.79. The molecule has 0 aliphatic heterocycles. The van der Waals surface area contributed by atoms with E-state index in [1.165, 1.54) is 0 Å². The van der Waals surface area contributed by atoms with Gasteiger partial charge < -0.3 is 0 Å². The summed E-state index contributed by atoms with van der Waals surface area (Å²) < 4.78 is 30.9. The van der Waals surface area contributed by atoms with Gasteiger partial charge in [-0.1, -0.05) is 37.3 Å². The van der Waals surface area contributed by atoms with Crippen molar-refractivity contribution in [3.8, 4) is 0 Å². The van der Waals surface area contributed by atoms with E-state index in [0.717, 1.165) is 12.0 Å². The zero-order valence-corrected chi connectivity index (χ0v) is 10.4. The summed E-state index contributed by atoms with van der Waals surface area (Å²) in [5.74, 6) is 0.179. The molecule has 1 aromatic rings. The van der Waals surface area contributed by atoms with Gasteiger partial charge in [-0.25, -0.2) is 0 Å². The van der Waals surface area contributed by atoms with Crippen molar-refractivity contribution >= 4 is 10.1 Å². The highest BCUT2D eigenvalue weighted by molar-refractivity contribution is 7.86. The van der Waals surface area contributed by atoms with E-state index < -0.39 is 15.4 Å². The molecule has 0 heterocycles. The summed E-state index contributed by atoms with van der Waals surface area (Å²) in [6.45, 7) is 3.56. The molecule has 4 heteroatoms. The summed E-state index contributed by atoms with van der Waals surface area (Å²) >= 11 is 0. The number of rotatable bonds is 5.